The van der Waals surface area contributed by atoms with Gasteiger partial charge in [-0.05, 0) is 96.7 Å². The lowest BCUT2D eigenvalue weighted by molar-refractivity contribution is -0.189. The number of alkyl halides is 2. The third kappa shape index (κ3) is 7.21. The molecule has 1 aliphatic rings. The van der Waals surface area contributed by atoms with Gasteiger partial charge in [-0.2, -0.15) is 8.78 Å². The molecule has 0 N–H and O–H groups in total. The van der Waals surface area contributed by atoms with E-state index >= 15 is 22.0 Å². The fourth-order valence-electron chi connectivity index (χ4n) is 6.20. The number of unbranched alkanes of at least 4 members (excludes halogenated alkanes) is 2. The van der Waals surface area contributed by atoms with E-state index in [9.17, 15) is 17.6 Å². The van der Waals surface area contributed by atoms with E-state index in [2.05, 4.69) is 11.7 Å². The highest BCUT2D eigenvalue weighted by atomic mass is 19.3. The summed E-state index contributed by atoms with van der Waals surface area (Å²) in [5.74, 6) is -10.5. The summed E-state index contributed by atoms with van der Waals surface area (Å²) in [7, 11) is 0. The quantitative estimate of drug-likeness (QED) is 0.0943. The molecule has 1 aliphatic carbocycles. The topological polar surface area (TPSA) is 9.23 Å². The van der Waals surface area contributed by atoms with Crippen LogP contribution in [-0.2, 0) is 6.11 Å². The van der Waals surface area contributed by atoms with E-state index in [4.69, 9.17) is 0 Å². The van der Waals surface area contributed by atoms with Gasteiger partial charge in [0.25, 0.3) is 0 Å². The van der Waals surface area contributed by atoms with Crippen LogP contribution in [-0.4, -0.2) is 0 Å². The van der Waals surface area contributed by atoms with Crippen LogP contribution in [0.4, 0.5) is 39.5 Å². The Bertz CT molecular complexity index is 1660. The Labute approximate surface area is 261 Å². The summed E-state index contributed by atoms with van der Waals surface area (Å²) in [6, 6.07) is 8.57. The number of hydrogen-bond acceptors (Lipinski definition) is 1. The third-order valence-corrected chi connectivity index (χ3v) is 8.65. The molecule has 0 aliphatic heterocycles. The lowest BCUT2D eigenvalue weighted by atomic mass is 9.77. The second-order valence-electron chi connectivity index (χ2n) is 11.8. The minimum Gasteiger partial charge on any atom is -0.429 e. The lowest BCUT2D eigenvalue weighted by Gasteiger charge is -2.29. The van der Waals surface area contributed by atoms with E-state index < -0.39 is 69.3 Å². The molecule has 0 spiro atoms. The molecule has 4 aromatic carbocycles. The first kappa shape index (κ1) is 33.4. The molecule has 0 unspecified atom stereocenters. The van der Waals surface area contributed by atoms with Gasteiger partial charge in [0, 0.05) is 17.2 Å². The molecule has 4 aromatic rings. The molecule has 0 heterocycles. The Hall–Kier alpha value is -3.95. The maximum atomic E-state index is 15.2. The monoisotopic (exact) mass is 650 g/mol. The molecule has 0 aromatic heterocycles. The van der Waals surface area contributed by atoms with Crippen LogP contribution in [0.1, 0.15) is 75.3 Å². The van der Waals surface area contributed by atoms with Crippen molar-refractivity contribution in [2.75, 3.05) is 0 Å². The summed E-state index contributed by atoms with van der Waals surface area (Å²) >= 11 is 0. The summed E-state index contributed by atoms with van der Waals surface area (Å²) in [5.41, 5.74) is -2.37. The van der Waals surface area contributed by atoms with Crippen molar-refractivity contribution in [3.05, 3.63) is 113 Å². The van der Waals surface area contributed by atoms with Crippen molar-refractivity contribution in [2.45, 2.75) is 70.3 Å². The van der Waals surface area contributed by atoms with E-state index in [1.54, 1.807) is 6.07 Å². The van der Waals surface area contributed by atoms with E-state index in [1.165, 1.54) is 37.8 Å². The Balaban J connectivity index is 1.31. The highest BCUT2D eigenvalue weighted by Gasteiger charge is 2.41. The Morgan fingerprint density at radius 1 is 0.630 bits per heavy atom. The number of ether oxygens (including phenoxy) is 1. The second-order valence-corrected chi connectivity index (χ2v) is 11.8. The van der Waals surface area contributed by atoms with Crippen LogP contribution < -0.4 is 4.74 Å². The average molecular weight is 651 g/mol. The molecule has 1 fully saturated rings. The Kier molecular flexibility index (Phi) is 10.0. The molecule has 0 amide bonds. The molecule has 0 atom stereocenters. The van der Waals surface area contributed by atoms with Crippen LogP contribution in [0, 0.1) is 46.6 Å². The molecule has 0 bridgehead atoms. The SMILES string of the molecule is CCCCCC1CCC(c2ccc(-c3cc(F)c(C(F)(F)Oc4ccc(-c5cc(F)c(F)c(F)c5)c(F)c4)c(F)c3)c(F)c2)CC1. The molecule has 1 nitrogen and oxygen atoms in total. The van der Waals surface area contributed by atoms with Crippen LogP contribution in [0.3, 0.4) is 0 Å². The van der Waals surface area contributed by atoms with Crippen LogP contribution in [0.5, 0.6) is 5.75 Å². The van der Waals surface area contributed by atoms with Crippen LogP contribution in [0.15, 0.2) is 60.7 Å². The molecule has 10 heteroatoms. The molecular formula is C36H31F9O. The first-order valence-electron chi connectivity index (χ1n) is 15.2. The van der Waals surface area contributed by atoms with Gasteiger partial charge in [-0.1, -0.05) is 44.7 Å². The summed E-state index contributed by atoms with van der Waals surface area (Å²) in [5, 5.41) is 0. The standard InChI is InChI=1S/C36H31F9O/c1-2-3-4-5-20-6-8-21(9-7-20)22-10-12-26(28(37)14-22)23-15-30(39)34(31(40)16-23)36(44,45)46-25-11-13-27(29(38)19-25)24-17-32(41)35(43)33(42)18-24/h10-21H,2-9H2,1H3. The molecule has 244 valence electrons. The maximum Gasteiger partial charge on any atom is 0.432 e. The van der Waals surface area contributed by atoms with Crippen LogP contribution >= 0.6 is 0 Å². The first-order valence-corrected chi connectivity index (χ1v) is 15.2. The number of rotatable bonds is 10. The maximum absolute atomic E-state index is 15.2. The molecule has 0 radical (unpaired) electrons. The van der Waals surface area contributed by atoms with Gasteiger partial charge in [-0.25, -0.2) is 30.7 Å². The number of hydrogen-bond donors (Lipinski definition) is 0. The average Bonchev–Trinajstić information content (AvgIpc) is 2.99. The fraction of sp³-hybridized carbons (Fsp3) is 0.333. The van der Waals surface area contributed by atoms with Gasteiger partial charge in [0.05, 0.1) is 0 Å². The smallest absolute Gasteiger partial charge is 0.429 e. The highest BCUT2D eigenvalue weighted by Crippen LogP contribution is 2.41. The van der Waals surface area contributed by atoms with E-state index in [0.29, 0.717) is 36.2 Å². The molecule has 46 heavy (non-hydrogen) atoms. The molecular weight excluding hydrogens is 619 g/mol. The van der Waals surface area contributed by atoms with Crippen molar-refractivity contribution in [1.82, 2.24) is 0 Å². The van der Waals surface area contributed by atoms with E-state index in [1.807, 2.05) is 0 Å². The van der Waals surface area contributed by atoms with Crippen molar-refractivity contribution in [3.63, 3.8) is 0 Å². The molecule has 5 rings (SSSR count). The van der Waals surface area contributed by atoms with Gasteiger partial charge in [0.2, 0.25) is 0 Å². The van der Waals surface area contributed by atoms with Gasteiger partial charge in [0.1, 0.15) is 34.6 Å². The minimum atomic E-state index is -4.65. The summed E-state index contributed by atoms with van der Waals surface area (Å²) in [6.45, 7) is 2.16. The van der Waals surface area contributed by atoms with E-state index in [-0.39, 0.29) is 17.0 Å². The minimum absolute atomic E-state index is 0.162. The second kappa shape index (κ2) is 13.8. The zero-order valence-electron chi connectivity index (χ0n) is 24.9. The van der Waals surface area contributed by atoms with Gasteiger partial charge < -0.3 is 4.74 Å². The molecule has 1 saturated carbocycles. The van der Waals surface area contributed by atoms with Crippen molar-refractivity contribution in [2.24, 2.45) is 5.92 Å². The number of halogens is 9. The van der Waals surface area contributed by atoms with Crippen molar-refractivity contribution in [3.8, 4) is 28.0 Å². The van der Waals surface area contributed by atoms with Gasteiger partial charge in [-0.15, -0.1) is 0 Å². The normalized spacial score (nSPS) is 16.9. The lowest BCUT2D eigenvalue weighted by Crippen LogP contribution is -2.25. The Morgan fingerprint density at radius 2 is 1.17 bits per heavy atom. The molecule has 0 saturated heterocycles. The highest BCUT2D eigenvalue weighted by molar-refractivity contribution is 5.66. The van der Waals surface area contributed by atoms with Gasteiger partial charge in [-0.3, -0.25) is 0 Å². The van der Waals surface area contributed by atoms with Crippen molar-refractivity contribution in [1.29, 1.82) is 0 Å². The predicted octanol–water partition coefficient (Wildman–Crippen LogP) is 12.0. The van der Waals surface area contributed by atoms with Gasteiger partial charge in [0.15, 0.2) is 17.5 Å². The first-order chi connectivity index (χ1) is 21.9. The summed E-state index contributed by atoms with van der Waals surface area (Å²) in [4.78, 5) is 0. The summed E-state index contributed by atoms with van der Waals surface area (Å²) < 4.78 is 135. The van der Waals surface area contributed by atoms with Crippen molar-refractivity contribution >= 4 is 0 Å². The zero-order valence-corrected chi connectivity index (χ0v) is 24.9. The van der Waals surface area contributed by atoms with E-state index in [0.717, 1.165) is 43.4 Å². The largest absolute Gasteiger partial charge is 0.432 e. The fourth-order valence-corrected chi connectivity index (χ4v) is 6.20. The van der Waals surface area contributed by atoms with Gasteiger partial charge >= 0.3 is 6.11 Å². The summed E-state index contributed by atoms with van der Waals surface area (Å²) in [6.07, 6.45) is 4.06. The number of benzene rings is 4. The Morgan fingerprint density at radius 3 is 1.72 bits per heavy atom. The van der Waals surface area contributed by atoms with Crippen LogP contribution in [0.2, 0.25) is 0 Å². The zero-order chi connectivity index (χ0) is 33.2. The van der Waals surface area contributed by atoms with Crippen molar-refractivity contribution < 1.29 is 44.3 Å². The third-order valence-electron chi connectivity index (χ3n) is 8.65. The predicted molar refractivity (Wildman–Crippen MR) is 157 cm³/mol. The van der Waals surface area contributed by atoms with Crippen LogP contribution in [0.25, 0.3) is 22.3 Å².